The van der Waals surface area contributed by atoms with Gasteiger partial charge in [0.05, 0.1) is 43.8 Å². The highest BCUT2D eigenvalue weighted by molar-refractivity contribution is 5.93. The number of anilines is 2. The zero-order valence-electron chi connectivity index (χ0n) is 16.3. The standard InChI is InChI=1S/C20H26N4O3/c1-13-11-16(5-6-17(13)26-4)12-18(25)23-19-14(2)21-20(22-15(19)3)24-7-9-27-10-8-24/h5-6,11H,7-10,12H2,1-4H3,(H,23,25). The Hall–Kier alpha value is -2.67. The van der Waals surface area contributed by atoms with Crippen LogP contribution in [0.1, 0.15) is 22.5 Å². The van der Waals surface area contributed by atoms with Crippen LogP contribution in [-0.2, 0) is 16.0 Å². The molecule has 2 aromatic rings. The molecule has 0 atom stereocenters. The van der Waals surface area contributed by atoms with E-state index in [0.717, 1.165) is 41.4 Å². The molecule has 1 aliphatic heterocycles. The molecule has 0 unspecified atom stereocenters. The van der Waals surface area contributed by atoms with Crippen LogP contribution in [0.3, 0.4) is 0 Å². The molecule has 0 aliphatic carbocycles. The maximum atomic E-state index is 12.5. The van der Waals surface area contributed by atoms with Crippen LogP contribution >= 0.6 is 0 Å². The summed E-state index contributed by atoms with van der Waals surface area (Å²) in [5, 5.41) is 2.97. The van der Waals surface area contributed by atoms with E-state index in [0.29, 0.717) is 24.8 Å². The summed E-state index contributed by atoms with van der Waals surface area (Å²) < 4.78 is 10.6. The Morgan fingerprint density at radius 1 is 1.19 bits per heavy atom. The summed E-state index contributed by atoms with van der Waals surface area (Å²) in [5.41, 5.74) is 4.16. The number of aryl methyl sites for hydroxylation is 3. The van der Waals surface area contributed by atoms with Crippen molar-refractivity contribution >= 4 is 17.5 Å². The summed E-state index contributed by atoms with van der Waals surface area (Å²) in [6.45, 7) is 8.68. The maximum absolute atomic E-state index is 12.5. The molecule has 7 nitrogen and oxygen atoms in total. The van der Waals surface area contributed by atoms with E-state index < -0.39 is 0 Å². The van der Waals surface area contributed by atoms with Crippen molar-refractivity contribution in [3.63, 3.8) is 0 Å². The molecule has 7 heteroatoms. The third-order valence-electron chi connectivity index (χ3n) is 4.64. The molecule has 0 bridgehead atoms. The average molecular weight is 370 g/mol. The topological polar surface area (TPSA) is 76.6 Å². The minimum absolute atomic E-state index is 0.0894. The fourth-order valence-corrected chi connectivity index (χ4v) is 3.20. The molecule has 3 rings (SSSR count). The number of amides is 1. The lowest BCUT2D eigenvalue weighted by atomic mass is 10.1. The average Bonchev–Trinajstić information content (AvgIpc) is 2.65. The van der Waals surface area contributed by atoms with Gasteiger partial charge in [-0.2, -0.15) is 0 Å². The van der Waals surface area contributed by atoms with Crippen molar-refractivity contribution in [1.82, 2.24) is 9.97 Å². The van der Waals surface area contributed by atoms with Gasteiger partial charge in [0.15, 0.2) is 0 Å². The fourth-order valence-electron chi connectivity index (χ4n) is 3.20. The largest absolute Gasteiger partial charge is 0.496 e. The minimum atomic E-state index is -0.0894. The van der Waals surface area contributed by atoms with E-state index in [9.17, 15) is 4.79 Å². The molecule has 1 aromatic heterocycles. The van der Waals surface area contributed by atoms with Gasteiger partial charge in [0.25, 0.3) is 0 Å². The van der Waals surface area contributed by atoms with E-state index in [4.69, 9.17) is 9.47 Å². The molecule has 0 spiro atoms. The number of morpholine rings is 1. The highest BCUT2D eigenvalue weighted by Gasteiger charge is 2.18. The predicted octanol–water partition coefficient (Wildman–Crippen LogP) is 2.43. The van der Waals surface area contributed by atoms with Gasteiger partial charge in [-0.1, -0.05) is 12.1 Å². The summed E-state index contributed by atoms with van der Waals surface area (Å²) in [6, 6.07) is 5.76. The highest BCUT2D eigenvalue weighted by Crippen LogP contribution is 2.22. The van der Waals surface area contributed by atoms with Gasteiger partial charge in [0.1, 0.15) is 5.75 Å². The second kappa shape index (κ2) is 8.35. The van der Waals surface area contributed by atoms with Gasteiger partial charge in [-0.3, -0.25) is 4.79 Å². The minimum Gasteiger partial charge on any atom is -0.496 e. The van der Waals surface area contributed by atoms with Crippen LogP contribution in [-0.4, -0.2) is 49.3 Å². The molecule has 0 saturated carbocycles. The Morgan fingerprint density at radius 2 is 1.85 bits per heavy atom. The zero-order valence-corrected chi connectivity index (χ0v) is 16.3. The number of rotatable bonds is 5. The van der Waals surface area contributed by atoms with Crippen molar-refractivity contribution in [1.29, 1.82) is 0 Å². The van der Waals surface area contributed by atoms with Gasteiger partial charge in [-0.15, -0.1) is 0 Å². The molecular weight excluding hydrogens is 344 g/mol. The number of hydrogen-bond acceptors (Lipinski definition) is 6. The van der Waals surface area contributed by atoms with Gasteiger partial charge in [-0.25, -0.2) is 9.97 Å². The number of methoxy groups -OCH3 is 1. The van der Waals surface area contributed by atoms with Crippen LogP contribution in [0.2, 0.25) is 0 Å². The van der Waals surface area contributed by atoms with Crippen molar-refractivity contribution in [2.75, 3.05) is 43.6 Å². The predicted molar refractivity (Wildman–Crippen MR) is 105 cm³/mol. The monoisotopic (exact) mass is 370 g/mol. The normalized spacial score (nSPS) is 14.1. The van der Waals surface area contributed by atoms with Crippen LogP contribution in [0.25, 0.3) is 0 Å². The first kappa shape index (κ1) is 19.1. The Balaban J connectivity index is 1.71. The van der Waals surface area contributed by atoms with Gasteiger partial charge in [0, 0.05) is 13.1 Å². The number of nitrogens with one attached hydrogen (secondary N) is 1. The van der Waals surface area contributed by atoms with E-state index in [-0.39, 0.29) is 12.3 Å². The SMILES string of the molecule is COc1ccc(CC(=O)Nc2c(C)nc(N3CCOCC3)nc2C)cc1C. The van der Waals surface area contributed by atoms with Crippen molar-refractivity contribution in [3.8, 4) is 5.75 Å². The maximum Gasteiger partial charge on any atom is 0.228 e. The summed E-state index contributed by atoms with van der Waals surface area (Å²) in [6.07, 6.45) is 0.287. The van der Waals surface area contributed by atoms with Crippen molar-refractivity contribution in [3.05, 3.63) is 40.7 Å². The first-order chi connectivity index (χ1) is 13.0. The molecule has 0 radical (unpaired) electrons. The third kappa shape index (κ3) is 4.54. The second-order valence-electron chi connectivity index (χ2n) is 6.70. The molecule has 1 amide bonds. The Morgan fingerprint density at radius 3 is 2.44 bits per heavy atom. The van der Waals surface area contributed by atoms with E-state index in [1.807, 2.05) is 39.0 Å². The summed E-state index contributed by atoms with van der Waals surface area (Å²) in [7, 11) is 1.64. The number of ether oxygens (including phenoxy) is 2. The zero-order chi connectivity index (χ0) is 19.4. The second-order valence-corrected chi connectivity index (χ2v) is 6.70. The Bertz CT molecular complexity index is 809. The number of carbonyl (C=O) groups is 1. The van der Waals surface area contributed by atoms with E-state index in [1.165, 1.54) is 0 Å². The van der Waals surface area contributed by atoms with Crippen LogP contribution in [0.5, 0.6) is 5.75 Å². The van der Waals surface area contributed by atoms with E-state index in [2.05, 4.69) is 20.2 Å². The smallest absolute Gasteiger partial charge is 0.228 e. The molecule has 1 aromatic carbocycles. The molecule has 1 N–H and O–H groups in total. The summed E-state index contributed by atoms with van der Waals surface area (Å²) >= 11 is 0. The van der Waals surface area contributed by atoms with E-state index >= 15 is 0 Å². The molecule has 1 fully saturated rings. The number of nitrogens with zero attached hydrogens (tertiary/aromatic N) is 3. The van der Waals surface area contributed by atoms with Crippen LogP contribution < -0.4 is 15.0 Å². The number of benzene rings is 1. The Labute approximate surface area is 159 Å². The number of carbonyl (C=O) groups excluding carboxylic acids is 1. The van der Waals surface area contributed by atoms with Crippen molar-refractivity contribution < 1.29 is 14.3 Å². The molecule has 27 heavy (non-hydrogen) atoms. The van der Waals surface area contributed by atoms with Crippen LogP contribution in [0, 0.1) is 20.8 Å². The third-order valence-corrected chi connectivity index (χ3v) is 4.64. The Kier molecular flexibility index (Phi) is 5.91. The molecular formula is C20H26N4O3. The van der Waals surface area contributed by atoms with Crippen molar-refractivity contribution in [2.45, 2.75) is 27.2 Å². The molecule has 144 valence electrons. The number of aromatic nitrogens is 2. The van der Waals surface area contributed by atoms with Gasteiger partial charge < -0.3 is 19.7 Å². The first-order valence-corrected chi connectivity index (χ1v) is 9.09. The highest BCUT2D eigenvalue weighted by atomic mass is 16.5. The summed E-state index contributed by atoms with van der Waals surface area (Å²) in [4.78, 5) is 23.8. The van der Waals surface area contributed by atoms with Gasteiger partial charge in [-0.05, 0) is 38.0 Å². The van der Waals surface area contributed by atoms with Gasteiger partial charge in [0.2, 0.25) is 11.9 Å². The summed E-state index contributed by atoms with van der Waals surface area (Å²) in [5.74, 6) is 1.42. The van der Waals surface area contributed by atoms with Crippen LogP contribution in [0.4, 0.5) is 11.6 Å². The van der Waals surface area contributed by atoms with E-state index in [1.54, 1.807) is 7.11 Å². The lowest BCUT2D eigenvalue weighted by Gasteiger charge is -2.27. The lowest BCUT2D eigenvalue weighted by Crippen LogP contribution is -2.37. The first-order valence-electron chi connectivity index (χ1n) is 9.09. The molecule has 1 aliphatic rings. The van der Waals surface area contributed by atoms with Crippen molar-refractivity contribution in [2.24, 2.45) is 0 Å². The molecule has 2 heterocycles. The van der Waals surface area contributed by atoms with Crippen LogP contribution in [0.15, 0.2) is 18.2 Å². The molecule has 1 saturated heterocycles. The van der Waals surface area contributed by atoms with Gasteiger partial charge >= 0.3 is 0 Å². The fraction of sp³-hybridized carbons (Fsp3) is 0.450. The quantitative estimate of drug-likeness (QED) is 0.871. The lowest BCUT2D eigenvalue weighted by molar-refractivity contribution is -0.115. The number of hydrogen-bond donors (Lipinski definition) is 1.